The molecule has 0 bridgehead atoms. The molecule has 0 aliphatic heterocycles. The molecule has 0 aromatic heterocycles. The first-order valence-electron chi connectivity index (χ1n) is 3.91. The molecular formula is C8H17Br. The van der Waals surface area contributed by atoms with Crippen LogP contribution in [0.2, 0.25) is 0 Å². The van der Waals surface area contributed by atoms with Gasteiger partial charge in [-0.25, -0.2) is 0 Å². The Hall–Kier alpha value is 0.480. The Balaban J connectivity index is 3.18. The Bertz CT molecular complexity index is 46.5. The predicted octanol–water partition coefficient (Wildman–Crippen LogP) is 3.60. The van der Waals surface area contributed by atoms with E-state index in [2.05, 4.69) is 29.8 Å². The van der Waals surface area contributed by atoms with Crippen molar-refractivity contribution in [2.45, 2.75) is 39.5 Å². The molecule has 0 aliphatic rings. The van der Waals surface area contributed by atoms with Crippen LogP contribution in [0.4, 0.5) is 0 Å². The van der Waals surface area contributed by atoms with Crippen molar-refractivity contribution in [3.63, 3.8) is 0 Å². The van der Waals surface area contributed by atoms with E-state index in [4.69, 9.17) is 0 Å². The second-order valence-corrected chi connectivity index (χ2v) is 3.33. The van der Waals surface area contributed by atoms with E-state index in [0.717, 1.165) is 5.92 Å². The molecular weight excluding hydrogens is 176 g/mol. The van der Waals surface area contributed by atoms with Crippen LogP contribution in [0.3, 0.4) is 0 Å². The van der Waals surface area contributed by atoms with Gasteiger partial charge in [0.05, 0.1) is 0 Å². The zero-order chi connectivity index (χ0) is 7.11. The largest absolute Gasteiger partial charge is 0.0928 e. The molecule has 0 fully saturated rings. The fourth-order valence-corrected chi connectivity index (χ4v) is 1.76. The lowest BCUT2D eigenvalue weighted by atomic mass is 9.98. The molecule has 0 rings (SSSR count). The zero-order valence-electron chi connectivity index (χ0n) is 6.49. The summed E-state index contributed by atoms with van der Waals surface area (Å²) in [7, 11) is 0. The molecule has 1 atom stereocenters. The first-order valence-corrected chi connectivity index (χ1v) is 5.03. The fraction of sp³-hybridized carbons (Fsp3) is 1.00. The van der Waals surface area contributed by atoms with Crippen LogP contribution in [0.25, 0.3) is 0 Å². The quantitative estimate of drug-likeness (QED) is 0.585. The lowest BCUT2D eigenvalue weighted by molar-refractivity contribution is 0.455. The van der Waals surface area contributed by atoms with E-state index < -0.39 is 0 Å². The van der Waals surface area contributed by atoms with E-state index in [9.17, 15) is 0 Å². The minimum absolute atomic E-state index is 0.967. The summed E-state index contributed by atoms with van der Waals surface area (Å²) >= 11 is 3.46. The molecule has 0 unspecified atom stereocenters. The van der Waals surface area contributed by atoms with Gasteiger partial charge >= 0.3 is 0 Å². The van der Waals surface area contributed by atoms with Crippen molar-refractivity contribution in [2.75, 3.05) is 5.33 Å². The summed E-state index contributed by atoms with van der Waals surface area (Å²) in [5.74, 6) is 0.967. The zero-order valence-corrected chi connectivity index (χ0v) is 8.08. The second kappa shape index (κ2) is 6.60. The summed E-state index contributed by atoms with van der Waals surface area (Å²) < 4.78 is 0. The van der Waals surface area contributed by atoms with Gasteiger partial charge in [0.25, 0.3) is 0 Å². The molecule has 0 amide bonds. The van der Waals surface area contributed by atoms with Crippen molar-refractivity contribution in [3.05, 3.63) is 0 Å². The first kappa shape index (κ1) is 9.48. The third-order valence-corrected chi connectivity index (χ3v) is 2.25. The smallest absolute Gasteiger partial charge is 0.00339 e. The van der Waals surface area contributed by atoms with Gasteiger partial charge in [-0.05, 0) is 12.3 Å². The van der Waals surface area contributed by atoms with Crippen molar-refractivity contribution in [1.82, 2.24) is 0 Å². The van der Waals surface area contributed by atoms with Crippen LogP contribution in [0, 0.1) is 5.92 Å². The van der Waals surface area contributed by atoms with Crippen LogP contribution in [-0.4, -0.2) is 5.33 Å². The van der Waals surface area contributed by atoms with Gasteiger partial charge in [0.2, 0.25) is 0 Å². The monoisotopic (exact) mass is 192 g/mol. The Labute approximate surface area is 67.2 Å². The SMILES string of the molecule is CCC[C@@H](CC)CCBr. The molecule has 1 heteroatoms. The van der Waals surface area contributed by atoms with Gasteiger partial charge in [-0.1, -0.05) is 49.0 Å². The molecule has 0 nitrogen and oxygen atoms in total. The van der Waals surface area contributed by atoms with Crippen LogP contribution in [0.1, 0.15) is 39.5 Å². The van der Waals surface area contributed by atoms with Gasteiger partial charge in [0.1, 0.15) is 0 Å². The molecule has 0 spiro atoms. The summed E-state index contributed by atoms with van der Waals surface area (Å²) in [5.41, 5.74) is 0. The number of halogens is 1. The van der Waals surface area contributed by atoms with Gasteiger partial charge in [-0.3, -0.25) is 0 Å². The standard InChI is InChI=1S/C8H17Br/c1-3-5-8(4-2)6-7-9/h8H,3-7H2,1-2H3/t8-/m1/s1. The van der Waals surface area contributed by atoms with Crippen molar-refractivity contribution in [2.24, 2.45) is 5.92 Å². The Kier molecular flexibility index (Phi) is 6.95. The summed E-state index contributed by atoms with van der Waals surface area (Å²) in [5, 5.41) is 1.17. The molecule has 0 aromatic carbocycles. The molecule has 9 heavy (non-hydrogen) atoms. The molecule has 0 aliphatic carbocycles. The van der Waals surface area contributed by atoms with Crippen LogP contribution in [0.15, 0.2) is 0 Å². The first-order chi connectivity index (χ1) is 4.35. The normalized spacial score (nSPS) is 13.7. The van der Waals surface area contributed by atoms with Gasteiger partial charge in [-0.2, -0.15) is 0 Å². The average molecular weight is 193 g/mol. The number of hydrogen-bond donors (Lipinski definition) is 0. The molecule has 0 radical (unpaired) electrons. The third-order valence-electron chi connectivity index (χ3n) is 1.79. The van der Waals surface area contributed by atoms with Gasteiger partial charge in [0, 0.05) is 5.33 Å². The van der Waals surface area contributed by atoms with Crippen molar-refractivity contribution in [3.8, 4) is 0 Å². The van der Waals surface area contributed by atoms with Gasteiger partial charge in [0.15, 0.2) is 0 Å². The maximum absolute atomic E-state index is 3.46. The van der Waals surface area contributed by atoms with Crippen molar-refractivity contribution < 1.29 is 0 Å². The number of hydrogen-bond acceptors (Lipinski definition) is 0. The van der Waals surface area contributed by atoms with E-state index in [-0.39, 0.29) is 0 Å². The predicted molar refractivity (Wildman–Crippen MR) is 47.1 cm³/mol. The molecule has 0 aromatic rings. The lowest BCUT2D eigenvalue weighted by Gasteiger charge is -2.10. The highest BCUT2D eigenvalue weighted by Gasteiger charge is 2.01. The highest BCUT2D eigenvalue weighted by atomic mass is 79.9. The van der Waals surface area contributed by atoms with Crippen LogP contribution in [-0.2, 0) is 0 Å². The van der Waals surface area contributed by atoms with Gasteiger partial charge < -0.3 is 0 Å². The van der Waals surface area contributed by atoms with Crippen molar-refractivity contribution >= 4 is 15.9 Å². The fourth-order valence-electron chi connectivity index (χ4n) is 1.12. The summed E-state index contributed by atoms with van der Waals surface area (Å²) in [6, 6.07) is 0. The molecule has 0 saturated heterocycles. The number of alkyl halides is 1. The maximum atomic E-state index is 3.46. The highest BCUT2D eigenvalue weighted by molar-refractivity contribution is 9.09. The van der Waals surface area contributed by atoms with E-state index in [1.54, 1.807) is 0 Å². The molecule has 56 valence electrons. The number of rotatable bonds is 5. The molecule has 0 heterocycles. The van der Waals surface area contributed by atoms with E-state index in [1.807, 2.05) is 0 Å². The Morgan fingerprint density at radius 3 is 2.22 bits per heavy atom. The third kappa shape index (κ3) is 4.95. The maximum Gasteiger partial charge on any atom is 0.00339 e. The lowest BCUT2D eigenvalue weighted by Crippen LogP contribution is -1.97. The van der Waals surface area contributed by atoms with Gasteiger partial charge in [-0.15, -0.1) is 0 Å². The summed E-state index contributed by atoms with van der Waals surface area (Å²) in [4.78, 5) is 0. The minimum atomic E-state index is 0.967. The van der Waals surface area contributed by atoms with Crippen LogP contribution >= 0.6 is 15.9 Å². The van der Waals surface area contributed by atoms with Crippen LogP contribution in [0.5, 0.6) is 0 Å². The average Bonchev–Trinajstić information content (AvgIpc) is 1.88. The topological polar surface area (TPSA) is 0 Å². The van der Waals surface area contributed by atoms with Crippen LogP contribution < -0.4 is 0 Å². The summed E-state index contributed by atoms with van der Waals surface area (Å²) in [6.07, 6.45) is 5.44. The Morgan fingerprint density at radius 1 is 1.22 bits per heavy atom. The Morgan fingerprint density at radius 2 is 1.89 bits per heavy atom. The second-order valence-electron chi connectivity index (χ2n) is 2.54. The van der Waals surface area contributed by atoms with E-state index in [0.29, 0.717) is 0 Å². The molecule has 0 saturated carbocycles. The highest BCUT2D eigenvalue weighted by Crippen LogP contribution is 2.15. The molecule has 0 N–H and O–H groups in total. The van der Waals surface area contributed by atoms with E-state index in [1.165, 1.54) is 31.0 Å². The summed E-state index contributed by atoms with van der Waals surface area (Å²) in [6.45, 7) is 4.54. The van der Waals surface area contributed by atoms with E-state index >= 15 is 0 Å². The minimum Gasteiger partial charge on any atom is -0.0928 e. The van der Waals surface area contributed by atoms with Crippen molar-refractivity contribution in [1.29, 1.82) is 0 Å².